The molecule has 10 nitrogen and oxygen atoms in total. The smallest absolute Gasteiger partial charge is 0.296 e. The Morgan fingerprint density at radius 3 is 2.32 bits per heavy atom. The Bertz CT molecular complexity index is 1560. The van der Waals surface area contributed by atoms with Crippen LogP contribution in [-0.2, 0) is 9.47 Å². The highest BCUT2D eigenvalue weighted by atomic mass is 35.5. The molecule has 0 spiro atoms. The SMILES string of the molecule is O[C@@H]1CO[C@H]2[C@@H]1OC[C@H]2Oc1nc2nc(-c3ccc(-c4ccc(-n5nccn5)cc4)cc3)c(Cl)cc2[nH]1. The molecule has 2 fully saturated rings. The van der Waals surface area contributed by atoms with Gasteiger partial charge in [0.15, 0.2) is 11.8 Å². The third kappa shape index (κ3) is 4.04. The maximum atomic E-state index is 9.94. The summed E-state index contributed by atoms with van der Waals surface area (Å²) in [6, 6.07) is 18.2. The first kappa shape index (κ1) is 22.4. The number of nitrogens with one attached hydrogen (secondary N) is 1. The number of hydrogen-bond donors (Lipinski definition) is 2. The largest absolute Gasteiger partial charge is 0.456 e. The van der Waals surface area contributed by atoms with Gasteiger partial charge in [0.1, 0.15) is 18.3 Å². The van der Waals surface area contributed by atoms with E-state index in [0.717, 1.165) is 22.4 Å². The number of benzene rings is 2. The Labute approximate surface area is 215 Å². The Hall–Kier alpha value is -3.83. The van der Waals surface area contributed by atoms with E-state index in [9.17, 15) is 5.11 Å². The lowest BCUT2D eigenvalue weighted by Gasteiger charge is -2.15. The van der Waals surface area contributed by atoms with Crippen LogP contribution in [0, 0.1) is 0 Å². The van der Waals surface area contributed by atoms with Crippen LogP contribution in [0.2, 0.25) is 5.02 Å². The summed E-state index contributed by atoms with van der Waals surface area (Å²) in [6.45, 7) is 0.556. The summed E-state index contributed by atoms with van der Waals surface area (Å²) in [5.74, 6) is 0. The van der Waals surface area contributed by atoms with Gasteiger partial charge in [-0.3, -0.25) is 0 Å². The van der Waals surface area contributed by atoms with E-state index in [4.69, 9.17) is 25.8 Å². The van der Waals surface area contributed by atoms with Gasteiger partial charge in [0.25, 0.3) is 6.01 Å². The minimum absolute atomic E-state index is 0.239. The molecule has 2 saturated heterocycles. The molecular formula is C26H21ClN6O4. The molecule has 0 amide bonds. The van der Waals surface area contributed by atoms with E-state index in [0.29, 0.717) is 34.5 Å². The number of rotatable bonds is 5. The monoisotopic (exact) mass is 516 g/mol. The standard InChI is InChI=1S/C26H21ClN6O4/c27-18-11-19-25(32-26(30-19)37-21-13-36-23-20(34)12-35-24(21)23)31-22(18)16-3-1-14(2-4-16)15-5-7-17(8-6-15)33-28-9-10-29-33/h1-11,20-21,23-24,34H,12-13H2,(H,30,31,32)/t20-,21-,23-,24-/m1/s1. The highest BCUT2D eigenvalue weighted by Gasteiger charge is 2.48. The molecule has 0 bridgehead atoms. The van der Waals surface area contributed by atoms with Gasteiger partial charge in [-0.1, -0.05) is 48.0 Å². The average Bonchev–Trinajstić information content (AvgIpc) is 3.71. The average molecular weight is 517 g/mol. The lowest BCUT2D eigenvalue weighted by molar-refractivity contribution is 0.00706. The van der Waals surface area contributed by atoms with Crippen molar-refractivity contribution in [2.45, 2.75) is 24.4 Å². The van der Waals surface area contributed by atoms with Gasteiger partial charge < -0.3 is 24.3 Å². The quantitative estimate of drug-likeness (QED) is 0.364. The predicted molar refractivity (Wildman–Crippen MR) is 135 cm³/mol. The molecule has 0 radical (unpaired) electrons. The minimum atomic E-state index is -0.637. The summed E-state index contributed by atoms with van der Waals surface area (Å²) in [4.78, 5) is 13.9. The van der Waals surface area contributed by atoms with E-state index in [1.165, 1.54) is 0 Å². The zero-order valence-corrected chi connectivity index (χ0v) is 20.1. The number of hydrogen-bond acceptors (Lipinski definition) is 8. The molecule has 37 heavy (non-hydrogen) atoms. The normalized spacial score (nSPS) is 23.0. The van der Waals surface area contributed by atoms with Crippen molar-refractivity contribution in [3.05, 3.63) is 72.0 Å². The van der Waals surface area contributed by atoms with Crippen LogP contribution in [0.4, 0.5) is 0 Å². The maximum Gasteiger partial charge on any atom is 0.296 e. The molecule has 3 aromatic heterocycles. The molecule has 0 aliphatic carbocycles. The number of fused-ring (bicyclic) bond motifs is 2. The second-order valence-corrected chi connectivity index (χ2v) is 9.40. The summed E-state index contributed by atoms with van der Waals surface area (Å²) in [5.41, 5.74) is 5.68. The summed E-state index contributed by atoms with van der Waals surface area (Å²) >= 11 is 6.60. The van der Waals surface area contributed by atoms with Crippen molar-refractivity contribution in [2.24, 2.45) is 0 Å². The first-order valence-corrected chi connectivity index (χ1v) is 12.2. The van der Waals surface area contributed by atoms with Gasteiger partial charge in [-0.15, -0.1) is 0 Å². The molecule has 4 atom stereocenters. The van der Waals surface area contributed by atoms with Crippen molar-refractivity contribution in [2.75, 3.05) is 13.2 Å². The Kier molecular flexibility index (Phi) is 5.40. The zero-order chi connectivity index (χ0) is 24.9. The van der Waals surface area contributed by atoms with Crippen molar-refractivity contribution in [3.63, 3.8) is 0 Å². The lowest BCUT2D eigenvalue weighted by atomic mass is 10.0. The molecule has 7 rings (SSSR count). The van der Waals surface area contributed by atoms with Crippen molar-refractivity contribution < 1.29 is 19.3 Å². The van der Waals surface area contributed by atoms with E-state index in [2.05, 4.69) is 25.1 Å². The van der Waals surface area contributed by atoms with Gasteiger partial charge in [-0.2, -0.15) is 20.0 Å². The first-order valence-electron chi connectivity index (χ1n) is 11.8. The van der Waals surface area contributed by atoms with Gasteiger partial charge in [0, 0.05) is 5.56 Å². The molecule has 5 heterocycles. The van der Waals surface area contributed by atoms with Crippen LogP contribution in [0.3, 0.4) is 0 Å². The van der Waals surface area contributed by atoms with Gasteiger partial charge in [-0.25, -0.2) is 4.98 Å². The first-order chi connectivity index (χ1) is 18.1. The van der Waals surface area contributed by atoms with Crippen LogP contribution in [0.15, 0.2) is 67.0 Å². The number of halogens is 1. The van der Waals surface area contributed by atoms with Crippen LogP contribution in [-0.4, -0.2) is 72.7 Å². The molecule has 0 unspecified atom stereocenters. The minimum Gasteiger partial charge on any atom is -0.456 e. The number of nitrogens with zero attached hydrogens (tertiary/aromatic N) is 5. The van der Waals surface area contributed by atoms with E-state index >= 15 is 0 Å². The Morgan fingerprint density at radius 1 is 0.892 bits per heavy atom. The number of aromatic amines is 1. The number of aromatic nitrogens is 6. The molecule has 0 saturated carbocycles. The van der Waals surface area contributed by atoms with E-state index in [1.54, 1.807) is 23.3 Å². The number of aliphatic hydroxyl groups excluding tert-OH is 1. The van der Waals surface area contributed by atoms with Gasteiger partial charge >= 0.3 is 0 Å². The summed E-state index contributed by atoms with van der Waals surface area (Å²) in [6.07, 6.45) is 1.60. The molecule has 2 N–H and O–H groups in total. The van der Waals surface area contributed by atoms with Crippen molar-refractivity contribution >= 4 is 22.8 Å². The van der Waals surface area contributed by atoms with Crippen LogP contribution in [0.1, 0.15) is 0 Å². The fourth-order valence-corrected chi connectivity index (χ4v) is 5.06. The van der Waals surface area contributed by atoms with Crippen molar-refractivity contribution in [1.29, 1.82) is 0 Å². The topological polar surface area (TPSA) is 120 Å². The molecule has 2 aromatic carbocycles. The molecule has 11 heteroatoms. The third-order valence-electron chi connectivity index (χ3n) is 6.66. The number of pyridine rings is 1. The van der Waals surface area contributed by atoms with Crippen LogP contribution < -0.4 is 4.74 Å². The number of H-pyrrole nitrogens is 1. The highest BCUT2D eigenvalue weighted by molar-refractivity contribution is 6.33. The maximum absolute atomic E-state index is 9.94. The van der Waals surface area contributed by atoms with E-state index < -0.39 is 6.10 Å². The molecule has 2 aliphatic rings. The zero-order valence-electron chi connectivity index (χ0n) is 19.4. The van der Waals surface area contributed by atoms with Gasteiger partial charge in [0.05, 0.1) is 47.5 Å². The molecule has 186 valence electrons. The Balaban J connectivity index is 1.11. The van der Waals surface area contributed by atoms with Gasteiger partial charge in [0.2, 0.25) is 0 Å². The van der Waals surface area contributed by atoms with E-state index in [1.807, 2.05) is 48.5 Å². The van der Waals surface area contributed by atoms with Crippen molar-refractivity contribution in [3.8, 4) is 34.1 Å². The summed E-state index contributed by atoms with van der Waals surface area (Å²) in [5, 5.41) is 18.7. The molecular weight excluding hydrogens is 496 g/mol. The van der Waals surface area contributed by atoms with Crippen LogP contribution in [0.5, 0.6) is 6.01 Å². The lowest BCUT2D eigenvalue weighted by Crippen LogP contribution is -2.34. The summed E-state index contributed by atoms with van der Waals surface area (Å²) < 4.78 is 17.2. The van der Waals surface area contributed by atoms with E-state index in [-0.39, 0.29) is 24.9 Å². The second-order valence-electron chi connectivity index (χ2n) is 8.99. The number of imidazole rings is 1. The predicted octanol–water partition coefficient (Wildman–Crippen LogP) is 3.43. The van der Waals surface area contributed by atoms with Gasteiger partial charge in [-0.05, 0) is 29.3 Å². The third-order valence-corrected chi connectivity index (χ3v) is 6.95. The molecule has 2 aliphatic heterocycles. The fraction of sp³-hybridized carbons (Fsp3) is 0.231. The Morgan fingerprint density at radius 2 is 1.57 bits per heavy atom. The second kappa shape index (κ2) is 8.93. The number of ether oxygens (including phenoxy) is 3. The summed E-state index contributed by atoms with van der Waals surface area (Å²) in [7, 11) is 0. The van der Waals surface area contributed by atoms with Crippen LogP contribution >= 0.6 is 11.6 Å². The number of aliphatic hydroxyl groups is 1. The van der Waals surface area contributed by atoms with Crippen molar-refractivity contribution in [1.82, 2.24) is 29.9 Å². The van der Waals surface area contributed by atoms with Crippen LogP contribution in [0.25, 0.3) is 39.2 Å². The highest BCUT2D eigenvalue weighted by Crippen LogP contribution is 2.33. The molecule has 5 aromatic rings. The fourth-order valence-electron chi connectivity index (χ4n) is 4.80.